The average Bonchev–Trinajstić information content (AvgIpc) is 3.09. The highest BCUT2D eigenvalue weighted by Gasteiger charge is 2.27. The molecule has 2 N–H and O–H groups in total. The van der Waals surface area contributed by atoms with E-state index in [0.717, 1.165) is 28.9 Å². The fourth-order valence-electron chi connectivity index (χ4n) is 5.50. The maximum absolute atomic E-state index is 14.4. The smallest absolute Gasteiger partial charge is 0.254 e. The second kappa shape index (κ2) is 15.4. The Morgan fingerprint density at radius 1 is 0.957 bits per heavy atom. The maximum atomic E-state index is 14.4. The molecule has 5 rings (SSSR count). The standard InChI is InChI=1S/C38H42FN5O3/c1-5-36(45)42-31-12-8-28(9-13-31)29-10-17-37(41-25-29)47-33-19-22-44(23-20-33)38(46)35-24-30(39)11-16-34(35)26(2)40-21-18-27-6-14-32(15-7-27)43(3)4/h6-17,24-25,33,40H,2,5,18-23H2,1,3-4H3,(H,42,45). The molecule has 47 heavy (non-hydrogen) atoms. The Morgan fingerprint density at radius 2 is 1.66 bits per heavy atom. The van der Waals surface area contributed by atoms with Crippen molar-refractivity contribution in [1.29, 1.82) is 0 Å². The summed E-state index contributed by atoms with van der Waals surface area (Å²) in [5.41, 5.74) is 6.49. The van der Waals surface area contributed by atoms with Crippen molar-refractivity contribution >= 4 is 28.9 Å². The highest BCUT2D eigenvalue weighted by Crippen LogP contribution is 2.26. The van der Waals surface area contributed by atoms with E-state index in [-0.39, 0.29) is 17.9 Å². The van der Waals surface area contributed by atoms with Crippen LogP contribution in [0.15, 0.2) is 91.6 Å². The number of ether oxygens (including phenoxy) is 1. The van der Waals surface area contributed by atoms with Crippen LogP contribution in [0.5, 0.6) is 5.88 Å². The van der Waals surface area contributed by atoms with E-state index < -0.39 is 5.82 Å². The van der Waals surface area contributed by atoms with E-state index in [1.807, 2.05) is 57.4 Å². The highest BCUT2D eigenvalue weighted by molar-refractivity contribution is 5.99. The predicted octanol–water partition coefficient (Wildman–Crippen LogP) is 6.79. The number of hydrogen-bond donors (Lipinski definition) is 2. The van der Waals surface area contributed by atoms with E-state index >= 15 is 0 Å². The molecular weight excluding hydrogens is 593 g/mol. The fourth-order valence-corrected chi connectivity index (χ4v) is 5.50. The highest BCUT2D eigenvalue weighted by atomic mass is 19.1. The molecule has 0 spiro atoms. The molecule has 9 heteroatoms. The number of halogens is 1. The Kier molecular flexibility index (Phi) is 10.9. The molecule has 3 aromatic carbocycles. The van der Waals surface area contributed by atoms with Gasteiger partial charge < -0.3 is 25.2 Å². The van der Waals surface area contributed by atoms with Crippen molar-refractivity contribution in [2.24, 2.45) is 0 Å². The number of piperidine rings is 1. The molecule has 0 atom stereocenters. The van der Waals surface area contributed by atoms with Gasteiger partial charge >= 0.3 is 0 Å². The first-order valence-corrected chi connectivity index (χ1v) is 16.0. The van der Waals surface area contributed by atoms with Crippen molar-refractivity contribution in [2.45, 2.75) is 38.7 Å². The van der Waals surface area contributed by atoms with Crippen LogP contribution in [0.4, 0.5) is 15.8 Å². The SMILES string of the molecule is C=C(NCCc1ccc(N(C)C)cc1)c1ccc(F)cc1C(=O)N1CCC(Oc2ccc(-c3ccc(NC(=O)CC)cc3)cn2)CC1. The molecule has 1 aliphatic rings. The van der Waals surface area contributed by atoms with E-state index in [1.165, 1.54) is 17.7 Å². The number of nitrogens with one attached hydrogen (secondary N) is 2. The first-order chi connectivity index (χ1) is 22.7. The van der Waals surface area contributed by atoms with Gasteiger partial charge in [-0.15, -0.1) is 0 Å². The van der Waals surface area contributed by atoms with Crippen molar-refractivity contribution in [3.8, 4) is 17.0 Å². The van der Waals surface area contributed by atoms with Crippen molar-refractivity contribution < 1.29 is 18.7 Å². The zero-order valence-electron chi connectivity index (χ0n) is 27.3. The number of anilines is 2. The summed E-state index contributed by atoms with van der Waals surface area (Å²) in [6, 6.07) is 24.1. The average molecular weight is 636 g/mol. The van der Waals surface area contributed by atoms with Gasteiger partial charge in [-0.3, -0.25) is 9.59 Å². The molecule has 0 bridgehead atoms. The third-order valence-corrected chi connectivity index (χ3v) is 8.32. The van der Waals surface area contributed by atoms with Crippen molar-refractivity contribution in [3.05, 3.63) is 114 Å². The van der Waals surface area contributed by atoms with Crippen LogP contribution >= 0.6 is 0 Å². The number of nitrogens with zero attached hydrogens (tertiary/aromatic N) is 3. The van der Waals surface area contributed by atoms with Crippen molar-refractivity contribution in [2.75, 3.05) is 43.9 Å². The lowest BCUT2D eigenvalue weighted by atomic mass is 10.0. The number of benzene rings is 3. The molecule has 4 aromatic rings. The fraction of sp³-hybridized carbons (Fsp3) is 0.289. The summed E-state index contributed by atoms with van der Waals surface area (Å²) in [7, 11) is 4.02. The first-order valence-electron chi connectivity index (χ1n) is 16.0. The predicted molar refractivity (Wildman–Crippen MR) is 186 cm³/mol. The van der Waals surface area contributed by atoms with Gasteiger partial charge in [-0.05, 0) is 66.1 Å². The molecule has 2 heterocycles. The number of rotatable bonds is 12. The van der Waals surface area contributed by atoms with E-state index in [0.29, 0.717) is 61.6 Å². The summed E-state index contributed by atoms with van der Waals surface area (Å²) < 4.78 is 20.5. The van der Waals surface area contributed by atoms with E-state index in [4.69, 9.17) is 4.74 Å². The van der Waals surface area contributed by atoms with Crippen molar-refractivity contribution in [3.63, 3.8) is 0 Å². The zero-order chi connectivity index (χ0) is 33.3. The minimum atomic E-state index is -0.460. The van der Waals surface area contributed by atoms with Gasteiger partial charge in [-0.25, -0.2) is 9.37 Å². The van der Waals surface area contributed by atoms with E-state index in [2.05, 4.69) is 51.4 Å². The quantitative estimate of drug-likeness (QED) is 0.178. The third-order valence-electron chi connectivity index (χ3n) is 8.32. The lowest BCUT2D eigenvalue weighted by Gasteiger charge is -2.32. The van der Waals surface area contributed by atoms with Gasteiger partial charge in [0.15, 0.2) is 0 Å². The first kappa shape index (κ1) is 33.2. The Balaban J connectivity index is 1.13. The zero-order valence-corrected chi connectivity index (χ0v) is 27.3. The van der Waals surface area contributed by atoms with Gasteiger partial charge in [0.1, 0.15) is 11.9 Å². The Bertz CT molecular complexity index is 1680. The third kappa shape index (κ3) is 8.76. The van der Waals surface area contributed by atoms with Gasteiger partial charge in [-0.2, -0.15) is 0 Å². The van der Waals surface area contributed by atoms with Gasteiger partial charge in [0.2, 0.25) is 11.8 Å². The normalized spacial score (nSPS) is 13.1. The molecule has 1 saturated heterocycles. The molecule has 0 aliphatic carbocycles. The number of likely N-dealkylation sites (tertiary alicyclic amines) is 1. The second-order valence-corrected chi connectivity index (χ2v) is 11.9. The Labute approximate surface area is 276 Å². The van der Waals surface area contributed by atoms with Gasteiger partial charge in [0, 0.05) is 93.5 Å². The van der Waals surface area contributed by atoms with E-state index in [1.54, 1.807) is 17.2 Å². The molecule has 0 unspecified atom stereocenters. The topological polar surface area (TPSA) is 86.8 Å². The maximum Gasteiger partial charge on any atom is 0.254 e. The molecular formula is C38H42FN5O3. The summed E-state index contributed by atoms with van der Waals surface area (Å²) in [5.74, 6) is -0.183. The molecule has 1 aliphatic heterocycles. The summed E-state index contributed by atoms with van der Waals surface area (Å²) in [6.45, 7) is 7.58. The molecule has 244 valence electrons. The van der Waals surface area contributed by atoms with Crippen molar-refractivity contribution in [1.82, 2.24) is 15.2 Å². The Hall–Kier alpha value is -5.18. The van der Waals surface area contributed by atoms with Crippen LogP contribution in [0.1, 0.15) is 47.7 Å². The number of hydrogen-bond acceptors (Lipinski definition) is 6. The molecule has 1 aromatic heterocycles. The van der Waals surface area contributed by atoms with Gasteiger partial charge in [-0.1, -0.05) is 37.8 Å². The van der Waals surface area contributed by atoms with Crippen LogP contribution in [-0.2, 0) is 11.2 Å². The number of carbonyl (C=O) groups excluding carboxylic acids is 2. The van der Waals surface area contributed by atoms with Crippen LogP contribution < -0.4 is 20.3 Å². The molecule has 2 amide bonds. The lowest BCUT2D eigenvalue weighted by Crippen LogP contribution is -2.42. The summed E-state index contributed by atoms with van der Waals surface area (Å²) in [4.78, 5) is 33.5. The lowest BCUT2D eigenvalue weighted by molar-refractivity contribution is -0.115. The molecule has 8 nitrogen and oxygen atoms in total. The largest absolute Gasteiger partial charge is 0.474 e. The van der Waals surface area contributed by atoms with Crippen LogP contribution in [-0.4, -0.2) is 61.5 Å². The molecule has 0 radical (unpaired) electrons. The monoisotopic (exact) mass is 635 g/mol. The summed E-state index contributed by atoms with van der Waals surface area (Å²) in [6.07, 6.45) is 4.16. The molecule has 0 saturated carbocycles. The molecule has 1 fully saturated rings. The summed E-state index contributed by atoms with van der Waals surface area (Å²) >= 11 is 0. The second-order valence-electron chi connectivity index (χ2n) is 11.9. The van der Waals surface area contributed by atoms with Crippen LogP contribution in [0.25, 0.3) is 16.8 Å². The van der Waals surface area contributed by atoms with Gasteiger partial charge in [0.05, 0.1) is 5.56 Å². The van der Waals surface area contributed by atoms with Crippen LogP contribution in [0, 0.1) is 5.82 Å². The minimum Gasteiger partial charge on any atom is -0.474 e. The van der Waals surface area contributed by atoms with E-state index in [9.17, 15) is 14.0 Å². The number of pyridine rings is 1. The van der Waals surface area contributed by atoms with Crippen LogP contribution in [0.3, 0.4) is 0 Å². The number of aromatic nitrogens is 1. The Morgan fingerprint density at radius 3 is 2.30 bits per heavy atom. The number of amides is 2. The van der Waals surface area contributed by atoms with Crippen LogP contribution in [0.2, 0.25) is 0 Å². The van der Waals surface area contributed by atoms with Gasteiger partial charge in [0.25, 0.3) is 5.91 Å². The summed E-state index contributed by atoms with van der Waals surface area (Å²) in [5, 5.41) is 6.17. The number of carbonyl (C=O) groups is 2. The minimum absolute atomic E-state index is 0.0256.